The molecule has 128 valence electrons. The lowest BCUT2D eigenvalue weighted by Crippen LogP contribution is -2.07. The third kappa shape index (κ3) is 4.87. The van der Waals surface area contributed by atoms with Crippen LogP contribution in [0.1, 0.15) is 23.9 Å². The predicted octanol–water partition coefficient (Wildman–Crippen LogP) is 3.54. The Balaban J connectivity index is 2.22. The Labute approximate surface area is 138 Å². The zero-order chi connectivity index (χ0) is 17.5. The molecule has 0 aliphatic heterocycles. The summed E-state index contributed by atoms with van der Waals surface area (Å²) in [5.74, 6) is 0.478. The van der Waals surface area contributed by atoms with E-state index in [4.69, 9.17) is 4.74 Å². The summed E-state index contributed by atoms with van der Waals surface area (Å²) in [7, 11) is 0. The van der Waals surface area contributed by atoms with Gasteiger partial charge in [-0.2, -0.15) is 13.9 Å². The standard InChI is InChI=1S/C16H18F2N4O2/c1-4-23-13-7-5-6-12(14(13)24-15(17)18)9-19-22-16-20-10(2)8-11(3)21-16/h5-9,15H,4H2,1-3H3,(H,20,21,22)/b19-9-. The second kappa shape index (κ2) is 8.19. The summed E-state index contributed by atoms with van der Waals surface area (Å²) in [6.07, 6.45) is 1.35. The molecule has 0 fully saturated rings. The zero-order valence-electron chi connectivity index (χ0n) is 13.6. The van der Waals surface area contributed by atoms with Gasteiger partial charge in [-0.25, -0.2) is 15.4 Å². The van der Waals surface area contributed by atoms with Crippen molar-refractivity contribution in [3.8, 4) is 11.5 Å². The fourth-order valence-corrected chi connectivity index (χ4v) is 2.05. The van der Waals surface area contributed by atoms with Crippen LogP contribution in [0.2, 0.25) is 0 Å². The first-order chi connectivity index (χ1) is 11.5. The summed E-state index contributed by atoms with van der Waals surface area (Å²) in [5.41, 5.74) is 4.60. The van der Waals surface area contributed by atoms with Crippen LogP contribution >= 0.6 is 0 Å². The molecule has 1 aromatic heterocycles. The van der Waals surface area contributed by atoms with Crippen molar-refractivity contribution in [1.29, 1.82) is 0 Å². The predicted molar refractivity (Wildman–Crippen MR) is 87.0 cm³/mol. The lowest BCUT2D eigenvalue weighted by atomic mass is 10.2. The first-order valence-electron chi connectivity index (χ1n) is 7.31. The quantitative estimate of drug-likeness (QED) is 0.619. The summed E-state index contributed by atoms with van der Waals surface area (Å²) in [6, 6.07) is 6.64. The van der Waals surface area contributed by atoms with Crippen molar-refractivity contribution in [2.45, 2.75) is 27.4 Å². The molecule has 0 saturated heterocycles. The number of hydrogen-bond acceptors (Lipinski definition) is 6. The first-order valence-corrected chi connectivity index (χ1v) is 7.31. The minimum absolute atomic E-state index is 0.0683. The van der Waals surface area contributed by atoms with Crippen molar-refractivity contribution in [2.75, 3.05) is 12.0 Å². The van der Waals surface area contributed by atoms with Gasteiger partial charge in [-0.3, -0.25) is 0 Å². The van der Waals surface area contributed by atoms with Crippen LogP contribution in [0, 0.1) is 13.8 Å². The Morgan fingerprint density at radius 2 is 1.96 bits per heavy atom. The molecule has 0 unspecified atom stereocenters. The van der Waals surface area contributed by atoms with Gasteiger partial charge in [0.05, 0.1) is 12.8 Å². The molecule has 8 heteroatoms. The fraction of sp³-hybridized carbons (Fsp3) is 0.312. The number of para-hydroxylation sites is 1. The van der Waals surface area contributed by atoms with Crippen LogP contribution < -0.4 is 14.9 Å². The number of rotatable bonds is 7. The normalized spacial score (nSPS) is 11.1. The summed E-state index contributed by atoms with van der Waals surface area (Å²) >= 11 is 0. The van der Waals surface area contributed by atoms with E-state index in [9.17, 15) is 8.78 Å². The first kappa shape index (κ1) is 17.6. The molecule has 0 spiro atoms. The highest BCUT2D eigenvalue weighted by molar-refractivity contribution is 5.85. The van der Waals surface area contributed by atoms with Crippen LogP contribution in [0.4, 0.5) is 14.7 Å². The van der Waals surface area contributed by atoms with Crippen molar-refractivity contribution >= 4 is 12.2 Å². The monoisotopic (exact) mass is 336 g/mol. The fourth-order valence-electron chi connectivity index (χ4n) is 2.05. The number of aryl methyl sites for hydroxylation is 2. The van der Waals surface area contributed by atoms with Crippen LogP contribution in [0.25, 0.3) is 0 Å². The number of nitrogens with zero attached hydrogens (tertiary/aromatic N) is 3. The maximum absolute atomic E-state index is 12.6. The molecule has 0 aliphatic carbocycles. The van der Waals surface area contributed by atoms with Crippen LogP contribution in [0.15, 0.2) is 29.4 Å². The second-order valence-corrected chi connectivity index (χ2v) is 4.83. The molecule has 1 N–H and O–H groups in total. The van der Waals surface area contributed by atoms with Gasteiger partial charge < -0.3 is 9.47 Å². The van der Waals surface area contributed by atoms with Gasteiger partial charge in [-0.05, 0) is 39.0 Å². The number of hydrogen-bond donors (Lipinski definition) is 1. The number of benzene rings is 1. The molecular weight excluding hydrogens is 318 g/mol. The number of halogens is 2. The van der Waals surface area contributed by atoms with Gasteiger partial charge >= 0.3 is 6.61 Å². The van der Waals surface area contributed by atoms with Gasteiger partial charge in [0.2, 0.25) is 5.95 Å². The average molecular weight is 336 g/mol. The Morgan fingerprint density at radius 3 is 2.58 bits per heavy atom. The lowest BCUT2D eigenvalue weighted by molar-refractivity contribution is -0.0515. The van der Waals surface area contributed by atoms with Crippen molar-refractivity contribution < 1.29 is 18.3 Å². The molecule has 1 aromatic carbocycles. The van der Waals surface area contributed by atoms with E-state index < -0.39 is 6.61 Å². The average Bonchev–Trinajstić information content (AvgIpc) is 2.49. The summed E-state index contributed by atoms with van der Waals surface area (Å²) in [5, 5.41) is 3.98. The SMILES string of the molecule is CCOc1cccc(/C=N\Nc2nc(C)cc(C)n2)c1OC(F)F. The minimum Gasteiger partial charge on any atom is -0.490 e. The lowest BCUT2D eigenvalue weighted by Gasteiger charge is -2.13. The number of nitrogens with one attached hydrogen (secondary N) is 1. The topological polar surface area (TPSA) is 68.6 Å². The Morgan fingerprint density at radius 1 is 1.25 bits per heavy atom. The highest BCUT2D eigenvalue weighted by atomic mass is 19.3. The molecule has 0 bridgehead atoms. The maximum atomic E-state index is 12.6. The van der Waals surface area contributed by atoms with Crippen molar-refractivity contribution in [2.24, 2.45) is 5.10 Å². The molecule has 2 rings (SSSR count). The van der Waals surface area contributed by atoms with Crippen LogP contribution in [0.5, 0.6) is 11.5 Å². The van der Waals surface area contributed by atoms with E-state index in [1.54, 1.807) is 25.1 Å². The zero-order valence-corrected chi connectivity index (χ0v) is 13.6. The van der Waals surface area contributed by atoms with E-state index in [1.165, 1.54) is 6.21 Å². The molecule has 2 aromatic rings. The van der Waals surface area contributed by atoms with E-state index in [1.807, 2.05) is 19.9 Å². The summed E-state index contributed by atoms with van der Waals surface area (Å²) in [4.78, 5) is 8.34. The number of anilines is 1. The number of aromatic nitrogens is 2. The van der Waals surface area contributed by atoms with E-state index in [2.05, 4.69) is 25.2 Å². The van der Waals surface area contributed by atoms with Crippen molar-refractivity contribution in [1.82, 2.24) is 9.97 Å². The molecule has 0 atom stereocenters. The van der Waals surface area contributed by atoms with Crippen molar-refractivity contribution in [3.05, 3.63) is 41.2 Å². The largest absolute Gasteiger partial charge is 0.490 e. The molecule has 0 radical (unpaired) electrons. The van der Waals surface area contributed by atoms with Gasteiger partial charge in [0.25, 0.3) is 0 Å². The highest BCUT2D eigenvalue weighted by Crippen LogP contribution is 2.31. The number of hydrazone groups is 1. The van der Waals surface area contributed by atoms with E-state index in [0.717, 1.165) is 11.4 Å². The highest BCUT2D eigenvalue weighted by Gasteiger charge is 2.14. The third-order valence-electron chi connectivity index (χ3n) is 2.87. The molecular formula is C16H18F2N4O2. The molecule has 0 aliphatic rings. The molecule has 1 heterocycles. The van der Waals surface area contributed by atoms with Crippen molar-refractivity contribution in [3.63, 3.8) is 0 Å². The Hall–Kier alpha value is -2.77. The van der Waals surface area contributed by atoms with E-state index in [0.29, 0.717) is 18.1 Å². The molecule has 0 amide bonds. The molecule has 0 saturated carbocycles. The molecule has 24 heavy (non-hydrogen) atoms. The van der Waals surface area contributed by atoms with Crippen LogP contribution in [-0.2, 0) is 0 Å². The smallest absolute Gasteiger partial charge is 0.387 e. The Kier molecular flexibility index (Phi) is 6.00. The second-order valence-electron chi connectivity index (χ2n) is 4.83. The van der Waals surface area contributed by atoms with Gasteiger partial charge in [0, 0.05) is 17.0 Å². The molecule has 6 nitrogen and oxygen atoms in total. The van der Waals surface area contributed by atoms with E-state index >= 15 is 0 Å². The van der Waals surface area contributed by atoms with Gasteiger partial charge in [-0.1, -0.05) is 6.07 Å². The van der Waals surface area contributed by atoms with Gasteiger partial charge in [0.1, 0.15) is 0 Å². The third-order valence-corrected chi connectivity index (χ3v) is 2.87. The number of ether oxygens (including phenoxy) is 2. The van der Waals surface area contributed by atoms with Crippen LogP contribution in [0.3, 0.4) is 0 Å². The van der Waals surface area contributed by atoms with E-state index in [-0.39, 0.29) is 11.5 Å². The summed E-state index contributed by atoms with van der Waals surface area (Å²) in [6.45, 7) is 2.79. The number of alkyl halides is 2. The van der Waals surface area contributed by atoms with Gasteiger partial charge in [0.15, 0.2) is 11.5 Å². The minimum atomic E-state index is -2.96. The van der Waals surface area contributed by atoms with Crippen LogP contribution in [-0.4, -0.2) is 29.4 Å². The Bertz CT molecular complexity index is 703. The maximum Gasteiger partial charge on any atom is 0.387 e. The summed E-state index contributed by atoms with van der Waals surface area (Å²) < 4.78 is 35.1. The van der Waals surface area contributed by atoms with Gasteiger partial charge in [-0.15, -0.1) is 0 Å².